The highest BCUT2D eigenvalue weighted by molar-refractivity contribution is 6.30. The van der Waals surface area contributed by atoms with Gasteiger partial charge in [0.1, 0.15) is 11.4 Å². The van der Waals surface area contributed by atoms with Crippen LogP contribution in [-0.4, -0.2) is 22.2 Å². The zero-order chi connectivity index (χ0) is 12.3. The molecule has 0 saturated heterocycles. The van der Waals surface area contributed by atoms with E-state index in [-0.39, 0.29) is 12.4 Å². The lowest BCUT2D eigenvalue weighted by Gasteiger charge is -2.05. The molecule has 0 spiro atoms. The summed E-state index contributed by atoms with van der Waals surface area (Å²) < 4.78 is 6.87. The molecule has 0 aliphatic carbocycles. The molecule has 0 N–H and O–H groups in total. The van der Waals surface area contributed by atoms with Gasteiger partial charge in [-0.15, -0.1) is 0 Å². The van der Waals surface area contributed by atoms with Crippen LogP contribution in [0, 0.1) is 0 Å². The fraction of sp³-hybridized carbons (Fsp3) is 0.167. The van der Waals surface area contributed by atoms with Crippen LogP contribution in [0.15, 0.2) is 36.5 Å². The highest BCUT2D eigenvalue weighted by Gasteiger charge is 2.10. The minimum absolute atomic E-state index is 0.0279. The minimum atomic E-state index is -0.120. The first-order valence-corrected chi connectivity index (χ1v) is 5.44. The summed E-state index contributed by atoms with van der Waals surface area (Å²) in [5, 5.41) is 4.51. The molecule has 17 heavy (non-hydrogen) atoms. The van der Waals surface area contributed by atoms with Crippen molar-refractivity contribution in [2.45, 2.75) is 0 Å². The molecule has 5 heteroatoms. The molecule has 0 amide bonds. The third kappa shape index (κ3) is 2.85. The number of hydrogen-bond acceptors (Lipinski definition) is 3. The third-order valence-corrected chi connectivity index (χ3v) is 2.51. The van der Waals surface area contributed by atoms with Crippen molar-refractivity contribution in [2.24, 2.45) is 7.05 Å². The van der Waals surface area contributed by atoms with Crippen molar-refractivity contribution >= 4 is 17.4 Å². The van der Waals surface area contributed by atoms with Gasteiger partial charge < -0.3 is 4.74 Å². The SMILES string of the molecule is Cn1nccc1C(=O)COc1cccc(Cl)c1. The molecule has 0 unspecified atom stereocenters. The number of benzene rings is 1. The molecule has 2 aromatic rings. The summed E-state index contributed by atoms with van der Waals surface area (Å²) in [5.74, 6) is 0.456. The quantitative estimate of drug-likeness (QED) is 0.783. The van der Waals surface area contributed by atoms with Crippen LogP contribution in [-0.2, 0) is 7.05 Å². The van der Waals surface area contributed by atoms with Crippen LogP contribution in [0.5, 0.6) is 5.75 Å². The van der Waals surface area contributed by atoms with Gasteiger partial charge in [0.25, 0.3) is 0 Å². The van der Waals surface area contributed by atoms with E-state index in [4.69, 9.17) is 16.3 Å². The first-order valence-electron chi connectivity index (χ1n) is 5.06. The van der Waals surface area contributed by atoms with Crippen molar-refractivity contribution in [1.82, 2.24) is 9.78 Å². The fourth-order valence-electron chi connectivity index (χ4n) is 1.43. The fourth-order valence-corrected chi connectivity index (χ4v) is 1.61. The summed E-state index contributed by atoms with van der Waals surface area (Å²) in [6, 6.07) is 8.59. The number of carbonyl (C=O) groups excluding carboxylic acids is 1. The second-order valence-corrected chi connectivity index (χ2v) is 3.95. The Kier molecular flexibility index (Phi) is 3.44. The maximum absolute atomic E-state index is 11.8. The van der Waals surface area contributed by atoms with E-state index in [2.05, 4.69) is 5.10 Å². The van der Waals surface area contributed by atoms with Crippen molar-refractivity contribution in [2.75, 3.05) is 6.61 Å². The number of nitrogens with zero attached hydrogens (tertiary/aromatic N) is 2. The van der Waals surface area contributed by atoms with E-state index < -0.39 is 0 Å². The van der Waals surface area contributed by atoms with E-state index in [9.17, 15) is 4.79 Å². The number of aryl methyl sites for hydroxylation is 1. The lowest BCUT2D eigenvalue weighted by atomic mass is 10.3. The molecule has 88 valence electrons. The van der Waals surface area contributed by atoms with E-state index in [0.29, 0.717) is 16.5 Å². The smallest absolute Gasteiger partial charge is 0.218 e. The topological polar surface area (TPSA) is 44.1 Å². The molecule has 0 atom stereocenters. The predicted molar refractivity (Wildman–Crippen MR) is 64.5 cm³/mol. The van der Waals surface area contributed by atoms with E-state index in [1.807, 2.05) is 0 Å². The average molecular weight is 251 g/mol. The van der Waals surface area contributed by atoms with Crippen LogP contribution < -0.4 is 4.74 Å². The van der Waals surface area contributed by atoms with E-state index in [1.54, 1.807) is 43.6 Å². The normalized spacial score (nSPS) is 10.2. The standard InChI is InChI=1S/C12H11ClN2O2/c1-15-11(5-6-14-15)12(16)8-17-10-4-2-3-9(13)7-10/h2-7H,8H2,1H3. The first-order chi connectivity index (χ1) is 8.16. The van der Waals surface area contributed by atoms with Gasteiger partial charge in [-0.2, -0.15) is 5.10 Å². The van der Waals surface area contributed by atoms with Crippen molar-refractivity contribution in [3.05, 3.63) is 47.2 Å². The predicted octanol–water partition coefficient (Wildman–Crippen LogP) is 2.34. The van der Waals surface area contributed by atoms with Crippen LogP contribution in [0.4, 0.5) is 0 Å². The zero-order valence-corrected chi connectivity index (χ0v) is 10.0. The largest absolute Gasteiger partial charge is 0.485 e. The molecule has 0 aliphatic rings. The molecule has 1 aromatic carbocycles. The lowest BCUT2D eigenvalue weighted by molar-refractivity contribution is 0.0912. The molecular formula is C12H11ClN2O2. The second kappa shape index (κ2) is 5.01. The van der Waals surface area contributed by atoms with Crippen LogP contribution >= 0.6 is 11.6 Å². The number of aromatic nitrogens is 2. The molecule has 2 rings (SSSR count). The Morgan fingerprint density at radius 2 is 2.29 bits per heavy atom. The van der Waals surface area contributed by atoms with Crippen LogP contribution in [0.2, 0.25) is 5.02 Å². The van der Waals surface area contributed by atoms with Crippen molar-refractivity contribution in [3.8, 4) is 5.75 Å². The highest BCUT2D eigenvalue weighted by atomic mass is 35.5. The molecule has 4 nitrogen and oxygen atoms in total. The summed E-state index contributed by atoms with van der Waals surface area (Å²) in [5.41, 5.74) is 0.520. The maximum Gasteiger partial charge on any atom is 0.218 e. The van der Waals surface area contributed by atoms with Gasteiger partial charge in [-0.3, -0.25) is 9.48 Å². The van der Waals surface area contributed by atoms with E-state index in [1.165, 1.54) is 4.68 Å². The molecule has 0 bridgehead atoms. The summed E-state index contributed by atoms with van der Waals surface area (Å²) in [4.78, 5) is 11.8. The van der Waals surface area contributed by atoms with Gasteiger partial charge in [0.2, 0.25) is 5.78 Å². The second-order valence-electron chi connectivity index (χ2n) is 3.51. The van der Waals surface area contributed by atoms with Gasteiger partial charge in [-0.25, -0.2) is 0 Å². The van der Waals surface area contributed by atoms with Gasteiger partial charge in [0, 0.05) is 18.3 Å². The lowest BCUT2D eigenvalue weighted by Crippen LogP contribution is -2.15. The van der Waals surface area contributed by atoms with Gasteiger partial charge in [0.15, 0.2) is 6.61 Å². The van der Waals surface area contributed by atoms with Crippen LogP contribution in [0.25, 0.3) is 0 Å². The summed E-state index contributed by atoms with van der Waals surface area (Å²) in [6.07, 6.45) is 1.58. The van der Waals surface area contributed by atoms with Crippen molar-refractivity contribution < 1.29 is 9.53 Å². The highest BCUT2D eigenvalue weighted by Crippen LogP contribution is 2.17. The van der Waals surface area contributed by atoms with Gasteiger partial charge >= 0.3 is 0 Å². The van der Waals surface area contributed by atoms with Crippen molar-refractivity contribution in [1.29, 1.82) is 0 Å². The molecule has 0 fully saturated rings. The van der Waals surface area contributed by atoms with Crippen LogP contribution in [0.3, 0.4) is 0 Å². The van der Waals surface area contributed by atoms with Gasteiger partial charge in [-0.1, -0.05) is 17.7 Å². The number of ether oxygens (including phenoxy) is 1. The Bertz CT molecular complexity index is 537. The molecule has 0 radical (unpaired) electrons. The van der Waals surface area contributed by atoms with Gasteiger partial charge in [0.05, 0.1) is 0 Å². The molecule has 1 aromatic heterocycles. The number of rotatable bonds is 4. The molecule has 0 aliphatic heterocycles. The number of ketones is 1. The summed E-state index contributed by atoms with van der Waals surface area (Å²) in [6.45, 7) is -0.0279. The van der Waals surface area contributed by atoms with E-state index in [0.717, 1.165) is 0 Å². The third-order valence-electron chi connectivity index (χ3n) is 2.27. The monoisotopic (exact) mass is 250 g/mol. The van der Waals surface area contributed by atoms with Crippen LogP contribution in [0.1, 0.15) is 10.5 Å². The Labute approximate surface area is 104 Å². The number of hydrogen-bond donors (Lipinski definition) is 0. The van der Waals surface area contributed by atoms with E-state index >= 15 is 0 Å². The number of carbonyl (C=O) groups is 1. The summed E-state index contributed by atoms with van der Waals surface area (Å²) in [7, 11) is 1.71. The minimum Gasteiger partial charge on any atom is -0.485 e. The maximum atomic E-state index is 11.8. The Morgan fingerprint density at radius 3 is 2.94 bits per heavy atom. The average Bonchev–Trinajstić information content (AvgIpc) is 2.72. The first kappa shape index (κ1) is 11.7. The number of halogens is 1. The van der Waals surface area contributed by atoms with Gasteiger partial charge in [-0.05, 0) is 24.3 Å². The molecular weight excluding hydrogens is 240 g/mol. The Morgan fingerprint density at radius 1 is 1.47 bits per heavy atom. The Balaban J connectivity index is 1.99. The Hall–Kier alpha value is -1.81. The van der Waals surface area contributed by atoms with Crippen molar-refractivity contribution in [3.63, 3.8) is 0 Å². The molecule has 1 heterocycles. The molecule has 0 saturated carbocycles. The number of Topliss-reactive ketones (excluding diaryl/α,β-unsaturated/α-hetero) is 1. The summed E-state index contributed by atoms with van der Waals surface area (Å²) >= 11 is 5.81. The zero-order valence-electron chi connectivity index (χ0n) is 9.26.